The summed E-state index contributed by atoms with van der Waals surface area (Å²) in [5, 5.41) is 7.09. The Bertz CT molecular complexity index is 1650. The van der Waals surface area contributed by atoms with Gasteiger partial charge in [0, 0.05) is 23.0 Å². The third-order valence-electron chi connectivity index (χ3n) is 8.09. The van der Waals surface area contributed by atoms with Crippen molar-refractivity contribution in [1.29, 1.82) is 0 Å². The number of allylic oxidation sites excluding steroid dienone is 8. The molecule has 0 aliphatic heterocycles. The minimum Gasteiger partial charge on any atom is -0.0808 e. The van der Waals surface area contributed by atoms with Gasteiger partial charge in [-0.1, -0.05) is 195 Å². The van der Waals surface area contributed by atoms with E-state index in [0.29, 0.717) is 11.6 Å². The summed E-state index contributed by atoms with van der Waals surface area (Å²) in [5.74, 6) is 0.348. The smallest absolute Gasteiger partial charge is 0.00982 e. The van der Waals surface area contributed by atoms with E-state index in [1.807, 2.05) is 0 Å². The maximum atomic E-state index is 2.46. The summed E-state index contributed by atoms with van der Waals surface area (Å²) in [6.07, 6.45) is 16.6. The van der Waals surface area contributed by atoms with Gasteiger partial charge in [0.25, 0.3) is 0 Å². The molecule has 7 rings (SSSR count). The molecule has 224 valence electrons. The second kappa shape index (κ2) is 16.7. The molecule has 0 radical (unpaired) electrons. The summed E-state index contributed by atoms with van der Waals surface area (Å²) >= 11 is 0. The van der Waals surface area contributed by atoms with Gasteiger partial charge in [0.1, 0.15) is 0 Å². The molecule has 0 amide bonds. The third kappa shape index (κ3) is 8.00. The quantitative estimate of drug-likeness (QED) is 0.115. The van der Waals surface area contributed by atoms with Crippen molar-refractivity contribution in [3.8, 4) is 0 Å². The first-order chi connectivity index (χ1) is 21.8. The van der Waals surface area contributed by atoms with Crippen molar-refractivity contribution >= 4 is 47.9 Å². The van der Waals surface area contributed by atoms with Crippen LogP contribution < -0.4 is 26.5 Å². The van der Waals surface area contributed by atoms with Crippen molar-refractivity contribution in [3.05, 3.63) is 194 Å². The van der Waals surface area contributed by atoms with Crippen LogP contribution in [-0.2, 0) is 17.1 Å². The van der Waals surface area contributed by atoms with Crippen LogP contribution in [0, 0.1) is 5.92 Å². The molecule has 0 nitrogen and oxygen atoms in total. The average Bonchev–Trinajstić information content (AvgIpc) is 3.84. The van der Waals surface area contributed by atoms with E-state index in [9.17, 15) is 0 Å². The molecule has 2 aliphatic carbocycles. The second-order valence-corrected chi connectivity index (χ2v) is 15.7. The van der Waals surface area contributed by atoms with Crippen molar-refractivity contribution in [3.63, 3.8) is 0 Å². The second-order valence-electron chi connectivity index (χ2n) is 10.9. The minimum absolute atomic E-state index is 0. The Kier molecular flexibility index (Phi) is 12.2. The van der Waals surface area contributed by atoms with Crippen LogP contribution in [0.15, 0.2) is 188 Å². The molecule has 0 saturated heterocycles. The molecule has 0 saturated carbocycles. The molecule has 3 heteroatoms. The summed E-state index contributed by atoms with van der Waals surface area (Å²) in [7, 11) is -1.23. The number of hydrogen-bond acceptors (Lipinski definition) is 0. The fraction of sp³-hybridized carbons (Fsp3) is 0.0952. The normalized spacial score (nSPS) is 15.4. The van der Waals surface area contributed by atoms with Crippen LogP contribution in [0.3, 0.4) is 0 Å². The first kappa shape index (κ1) is 32.8. The molecular formula is C42H38FeP2. The van der Waals surface area contributed by atoms with Crippen LogP contribution in [0.2, 0.25) is 0 Å². The third-order valence-corrected chi connectivity index (χ3v) is 13.4. The van der Waals surface area contributed by atoms with Gasteiger partial charge in [-0.3, -0.25) is 0 Å². The molecule has 2 atom stereocenters. The Morgan fingerprint density at radius 2 is 0.978 bits per heavy atom. The molecule has 0 bridgehead atoms. The van der Waals surface area contributed by atoms with Gasteiger partial charge < -0.3 is 0 Å². The Balaban J connectivity index is 0.000000609. The van der Waals surface area contributed by atoms with E-state index in [1.165, 1.54) is 37.7 Å². The van der Waals surface area contributed by atoms with E-state index >= 15 is 0 Å². The molecule has 2 aliphatic rings. The standard InChI is InChI=1S/C37H32P2.C5H6.Fe/c1-29(38(30-17-6-2-7-18-30)31-19-8-3-9-20-31)34-26-16-27-35(34)36-25-14-15-28-37(36)39(32-21-10-4-11-22-32)33-23-12-5-13-24-33;1-2-4-5-3-1;/h2-29,34H,1H3;1-4H,5H2;/t29-,34?;;/m1../s1. The topological polar surface area (TPSA) is 0 Å². The van der Waals surface area contributed by atoms with Crippen molar-refractivity contribution < 1.29 is 17.1 Å². The zero-order valence-corrected chi connectivity index (χ0v) is 28.4. The molecule has 1 unspecified atom stereocenters. The van der Waals surface area contributed by atoms with Crippen molar-refractivity contribution in [2.24, 2.45) is 5.92 Å². The predicted octanol–water partition coefficient (Wildman–Crippen LogP) is 9.04. The van der Waals surface area contributed by atoms with E-state index in [1.54, 1.807) is 0 Å². The van der Waals surface area contributed by atoms with E-state index in [-0.39, 0.29) is 17.1 Å². The molecule has 5 aromatic rings. The van der Waals surface area contributed by atoms with Gasteiger partial charge in [0.05, 0.1) is 0 Å². The molecule has 45 heavy (non-hydrogen) atoms. The monoisotopic (exact) mass is 660 g/mol. The van der Waals surface area contributed by atoms with Gasteiger partial charge >= 0.3 is 0 Å². The summed E-state index contributed by atoms with van der Waals surface area (Å²) in [6, 6.07) is 53.5. The first-order valence-electron chi connectivity index (χ1n) is 15.4. The number of benzene rings is 5. The van der Waals surface area contributed by atoms with Crippen molar-refractivity contribution in [2.75, 3.05) is 0 Å². The van der Waals surface area contributed by atoms with Crippen LogP contribution in [0.25, 0.3) is 5.57 Å². The Morgan fingerprint density at radius 1 is 0.533 bits per heavy atom. The van der Waals surface area contributed by atoms with Crippen LogP contribution in [-0.4, -0.2) is 5.66 Å². The summed E-state index contributed by atoms with van der Waals surface area (Å²) in [4.78, 5) is 0. The summed E-state index contributed by atoms with van der Waals surface area (Å²) in [5.41, 5.74) is 3.27. The summed E-state index contributed by atoms with van der Waals surface area (Å²) in [6.45, 7) is 2.46. The number of rotatable bonds is 8. The van der Waals surface area contributed by atoms with Crippen LogP contribution in [0.4, 0.5) is 0 Å². The molecular weight excluding hydrogens is 622 g/mol. The average molecular weight is 661 g/mol. The molecule has 0 fully saturated rings. The zero-order valence-electron chi connectivity index (χ0n) is 25.5. The molecule has 0 aromatic heterocycles. The summed E-state index contributed by atoms with van der Waals surface area (Å²) < 4.78 is 0. The van der Waals surface area contributed by atoms with E-state index in [2.05, 4.69) is 195 Å². The minimum atomic E-state index is -0.688. The van der Waals surface area contributed by atoms with Gasteiger partial charge in [-0.05, 0) is 65.6 Å². The SMILES string of the molecule is C1=CCC=C1.C[C@H](C1C=CC=C1c1ccccc1P(c1ccccc1)c1ccccc1)P(c1ccccc1)c1ccccc1.[Fe]. The van der Waals surface area contributed by atoms with Gasteiger partial charge in [0.15, 0.2) is 0 Å². The Hall–Kier alpha value is -3.56. The maximum Gasteiger partial charge on any atom is 0.00982 e. The zero-order chi connectivity index (χ0) is 30.0. The molecule has 0 heterocycles. The van der Waals surface area contributed by atoms with Crippen LogP contribution >= 0.6 is 15.8 Å². The van der Waals surface area contributed by atoms with Gasteiger partial charge in [-0.25, -0.2) is 0 Å². The van der Waals surface area contributed by atoms with E-state index < -0.39 is 15.8 Å². The largest absolute Gasteiger partial charge is 0.0808 e. The van der Waals surface area contributed by atoms with Gasteiger partial charge in [0.2, 0.25) is 0 Å². The Morgan fingerprint density at radius 3 is 1.44 bits per heavy atom. The van der Waals surface area contributed by atoms with E-state index in [4.69, 9.17) is 0 Å². The van der Waals surface area contributed by atoms with E-state index in [0.717, 1.165) is 6.42 Å². The predicted molar refractivity (Wildman–Crippen MR) is 197 cm³/mol. The number of hydrogen-bond donors (Lipinski definition) is 0. The molecule has 0 spiro atoms. The fourth-order valence-electron chi connectivity index (χ4n) is 6.03. The van der Waals surface area contributed by atoms with Gasteiger partial charge in [-0.15, -0.1) is 0 Å². The van der Waals surface area contributed by atoms with Crippen molar-refractivity contribution in [1.82, 2.24) is 0 Å². The first-order valence-corrected chi connectivity index (χ1v) is 18.2. The maximum absolute atomic E-state index is 2.46. The van der Waals surface area contributed by atoms with Crippen LogP contribution in [0.1, 0.15) is 18.9 Å². The van der Waals surface area contributed by atoms with Gasteiger partial charge in [-0.2, -0.15) is 0 Å². The Labute approximate surface area is 282 Å². The van der Waals surface area contributed by atoms with Crippen molar-refractivity contribution in [2.45, 2.75) is 19.0 Å². The molecule has 5 aromatic carbocycles. The van der Waals surface area contributed by atoms with Crippen LogP contribution in [0.5, 0.6) is 0 Å². The fourth-order valence-corrected chi connectivity index (χ4v) is 11.3. The molecule has 0 N–H and O–H groups in total.